The predicted octanol–water partition coefficient (Wildman–Crippen LogP) is 4.90. The predicted molar refractivity (Wildman–Crippen MR) is 100 cm³/mol. The standard InChI is InChI=1S/C17H37O4Si2/c1-11-17(8,22(19-9)20-10)16(18)21-23(14(4)5,15(6)7)12-13(2)3/h13-15H,11-12H2,1-10H3. The molecule has 0 bridgehead atoms. The van der Waals surface area contributed by atoms with Crippen LogP contribution in [0, 0.1) is 5.92 Å². The van der Waals surface area contributed by atoms with Crippen LogP contribution >= 0.6 is 0 Å². The summed E-state index contributed by atoms with van der Waals surface area (Å²) in [4.78, 5) is 13.1. The largest absolute Gasteiger partial charge is 0.518 e. The number of carbonyl (C=O) groups excluding carboxylic acids is 1. The van der Waals surface area contributed by atoms with Crippen molar-refractivity contribution < 1.29 is 18.1 Å². The Bertz CT molecular complexity index is 360. The Morgan fingerprint density at radius 3 is 1.74 bits per heavy atom. The lowest BCUT2D eigenvalue weighted by Crippen LogP contribution is -2.51. The average molecular weight is 362 g/mol. The van der Waals surface area contributed by atoms with Crippen LogP contribution in [-0.4, -0.2) is 37.8 Å². The van der Waals surface area contributed by atoms with Gasteiger partial charge in [0.1, 0.15) is 5.04 Å². The number of hydrogen-bond donors (Lipinski definition) is 0. The van der Waals surface area contributed by atoms with Gasteiger partial charge in [0.05, 0.1) is 0 Å². The van der Waals surface area contributed by atoms with E-state index in [4.69, 9.17) is 13.3 Å². The van der Waals surface area contributed by atoms with Gasteiger partial charge in [0.25, 0.3) is 14.3 Å². The van der Waals surface area contributed by atoms with E-state index in [1.54, 1.807) is 14.2 Å². The lowest BCUT2D eigenvalue weighted by Gasteiger charge is -2.42. The van der Waals surface area contributed by atoms with E-state index in [9.17, 15) is 4.79 Å². The summed E-state index contributed by atoms with van der Waals surface area (Å²) in [5, 5.41) is -0.687. The van der Waals surface area contributed by atoms with Crippen LogP contribution in [0.2, 0.25) is 22.2 Å². The third kappa shape index (κ3) is 5.15. The van der Waals surface area contributed by atoms with Crippen LogP contribution in [0.5, 0.6) is 0 Å². The van der Waals surface area contributed by atoms with Gasteiger partial charge in [0, 0.05) is 14.2 Å². The molecule has 0 aliphatic rings. The molecule has 0 aliphatic carbocycles. The highest BCUT2D eigenvalue weighted by Crippen LogP contribution is 2.43. The van der Waals surface area contributed by atoms with Crippen molar-refractivity contribution in [1.29, 1.82) is 0 Å². The maximum absolute atomic E-state index is 13.1. The molecule has 0 aromatic rings. The lowest BCUT2D eigenvalue weighted by molar-refractivity contribution is -0.139. The first-order chi connectivity index (χ1) is 10.5. The van der Waals surface area contributed by atoms with Crippen LogP contribution in [0.1, 0.15) is 61.8 Å². The van der Waals surface area contributed by atoms with Crippen molar-refractivity contribution in [3.8, 4) is 0 Å². The quantitative estimate of drug-likeness (QED) is 0.519. The van der Waals surface area contributed by atoms with E-state index in [1.807, 2.05) is 13.8 Å². The first kappa shape index (κ1) is 22.8. The van der Waals surface area contributed by atoms with E-state index in [-0.39, 0.29) is 5.97 Å². The molecule has 0 aromatic carbocycles. The molecule has 137 valence electrons. The summed E-state index contributed by atoms with van der Waals surface area (Å²) >= 11 is 0. The molecule has 1 unspecified atom stereocenters. The Labute approximate surface area is 146 Å². The fourth-order valence-corrected chi connectivity index (χ4v) is 9.60. The second-order valence-corrected chi connectivity index (χ2v) is 15.0. The maximum Gasteiger partial charge on any atom is 0.402 e. The van der Waals surface area contributed by atoms with Crippen molar-refractivity contribution in [3.63, 3.8) is 0 Å². The van der Waals surface area contributed by atoms with E-state index in [2.05, 4.69) is 41.5 Å². The number of rotatable bonds is 10. The fourth-order valence-electron chi connectivity index (χ4n) is 3.24. The molecule has 0 aromatic heterocycles. The molecule has 0 spiro atoms. The third-order valence-electron chi connectivity index (χ3n) is 4.94. The summed E-state index contributed by atoms with van der Waals surface area (Å²) in [6.07, 6.45) is 0.657. The molecule has 0 heterocycles. The van der Waals surface area contributed by atoms with Crippen LogP contribution < -0.4 is 0 Å². The van der Waals surface area contributed by atoms with Gasteiger partial charge in [-0.25, -0.2) is 0 Å². The normalized spacial score (nSPS) is 15.6. The van der Waals surface area contributed by atoms with Crippen molar-refractivity contribution in [2.75, 3.05) is 14.2 Å². The van der Waals surface area contributed by atoms with Gasteiger partial charge in [-0.3, -0.25) is 4.79 Å². The molecule has 0 rings (SSSR count). The minimum atomic E-state index is -2.22. The minimum absolute atomic E-state index is 0.132. The van der Waals surface area contributed by atoms with E-state index >= 15 is 0 Å². The van der Waals surface area contributed by atoms with Crippen molar-refractivity contribution in [2.45, 2.75) is 84.0 Å². The Morgan fingerprint density at radius 1 is 1.04 bits per heavy atom. The van der Waals surface area contributed by atoms with Gasteiger partial charge in [0.15, 0.2) is 0 Å². The lowest BCUT2D eigenvalue weighted by atomic mass is 10.1. The molecule has 0 N–H and O–H groups in total. The molecule has 0 saturated carbocycles. The third-order valence-corrected chi connectivity index (χ3v) is 13.1. The average Bonchev–Trinajstić information content (AvgIpc) is 2.46. The van der Waals surface area contributed by atoms with Crippen LogP contribution in [0.15, 0.2) is 0 Å². The topological polar surface area (TPSA) is 44.8 Å². The molecule has 0 fully saturated rings. The van der Waals surface area contributed by atoms with Gasteiger partial charge in [-0.05, 0) is 36.4 Å². The molecular weight excluding hydrogens is 324 g/mol. The van der Waals surface area contributed by atoms with Crippen molar-refractivity contribution in [3.05, 3.63) is 0 Å². The van der Waals surface area contributed by atoms with E-state index in [0.717, 1.165) is 6.04 Å². The summed E-state index contributed by atoms with van der Waals surface area (Å²) < 4.78 is 17.4. The highest BCUT2D eigenvalue weighted by molar-refractivity contribution is 6.78. The molecule has 4 nitrogen and oxygen atoms in total. The van der Waals surface area contributed by atoms with E-state index < -0.39 is 22.6 Å². The molecule has 1 atom stereocenters. The maximum atomic E-state index is 13.1. The molecule has 0 saturated heterocycles. The molecule has 0 amide bonds. The molecular formula is C17H37O4Si2. The second kappa shape index (κ2) is 9.34. The molecule has 23 heavy (non-hydrogen) atoms. The fraction of sp³-hybridized carbons (Fsp3) is 0.941. The SMILES string of the molecule is CCC(C)(C(=O)O[Si](CC(C)C)(C(C)C)C(C)C)[Si](OC)OC. The summed E-state index contributed by atoms with van der Waals surface area (Å²) in [5.41, 5.74) is 0.770. The number of hydrogen-bond acceptors (Lipinski definition) is 4. The van der Waals surface area contributed by atoms with Gasteiger partial charge in [-0.15, -0.1) is 0 Å². The monoisotopic (exact) mass is 361 g/mol. The minimum Gasteiger partial charge on any atom is -0.518 e. The highest BCUT2D eigenvalue weighted by atomic mass is 28.4. The Morgan fingerprint density at radius 2 is 1.48 bits per heavy atom. The molecule has 0 aliphatic heterocycles. The summed E-state index contributed by atoms with van der Waals surface area (Å²) in [6, 6.07) is 0.996. The zero-order valence-corrected chi connectivity index (χ0v) is 18.8. The summed E-state index contributed by atoms with van der Waals surface area (Å²) in [5.74, 6) is 0.383. The summed E-state index contributed by atoms with van der Waals surface area (Å²) in [6.45, 7) is 17.1. The van der Waals surface area contributed by atoms with Crippen molar-refractivity contribution >= 4 is 23.6 Å². The Balaban J connectivity index is 5.68. The van der Waals surface area contributed by atoms with Crippen molar-refractivity contribution in [1.82, 2.24) is 0 Å². The van der Waals surface area contributed by atoms with Gasteiger partial charge in [-0.2, -0.15) is 0 Å². The number of carbonyl (C=O) groups is 1. The smallest absolute Gasteiger partial charge is 0.402 e. The van der Waals surface area contributed by atoms with Crippen LogP contribution in [0.25, 0.3) is 0 Å². The van der Waals surface area contributed by atoms with E-state index in [1.165, 1.54) is 0 Å². The van der Waals surface area contributed by atoms with Gasteiger partial charge in [0.2, 0.25) is 0 Å². The second-order valence-electron chi connectivity index (χ2n) is 7.63. The van der Waals surface area contributed by atoms with Gasteiger partial charge >= 0.3 is 9.28 Å². The van der Waals surface area contributed by atoms with Crippen molar-refractivity contribution in [2.24, 2.45) is 5.92 Å². The first-order valence-electron chi connectivity index (χ1n) is 8.70. The zero-order valence-electron chi connectivity index (χ0n) is 16.8. The Hall–Kier alpha value is -0.176. The van der Waals surface area contributed by atoms with Gasteiger partial charge < -0.3 is 13.3 Å². The molecule has 1 radical (unpaired) electrons. The molecule has 6 heteroatoms. The van der Waals surface area contributed by atoms with Crippen LogP contribution in [-0.2, 0) is 18.1 Å². The zero-order chi connectivity index (χ0) is 18.4. The first-order valence-corrected chi connectivity index (χ1v) is 12.3. The Kier molecular flexibility index (Phi) is 9.27. The van der Waals surface area contributed by atoms with Crippen LogP contribution in [0.3, 0.4) is 0 Å². The highest BCUT2D eigenvalue weighted by Gasteiger charge is 2.52. The van der Waals surface area contributed by atoms with E-state index in [0.29, 0.717) is 23.4 Å². The summed E-state index contributed by atoms with van der Waals surface area (Å²) in [7, 11) is -0.703. The van der Waals surface area contributed by atoms with Crippen LogP contribution in [0.4, 0.5) is 0 Å². The van der Waals surface area contributed by atoms with Gasteiger partial charge in [-0.1, -0.05) is 48.5 Å².